The second-order valence-corrected chi connectivity index (χ2v) is 12.8. The summed E-state index contributed by atoms with van der Waals surface area (Å²) in [7, 11) is 0. The van der Waals surface area contributed by atoms with E-state index < -0.39 is 17.9 Å². The summed E-state index contributed by atoms with van der Waals surface area (Å²) in [6.45, 7) is 4.66. The van der Waals surface area contributed by atoms with Crippen LogP contribution in [0.15, 0.2) is 11.6 Å². The number of amides is 1. The Bertz CT molecular complexity index is 933. The highest BCUT2D eigenvalue weighted by atomic mass is 32.2. The van der Waals surface area contributed by atoms with Gasteiger partial charge in [-0.25, -0.2) is 4.79 Å². The summed E-state index contributed by atoms with van der Waals surface area (Å²) in [6.07, 6.45) is 11.7. The molecule has 7 nitrogen and oxygen atoms in total. The third-order valence-electron chi connectivity index (χ3n) is 9.95. The molecular formula is C28H41NO6S. The van der Waals surface area contributed by atoms with Crippen LogP contribution in [0, 0.1) is 28.6 Å². The molecule has 200 valence electrons. The summed E-state index contributed by atoms with van der Waals surface area (Å²) in [4.78, 5) is 48.4. The van der Waals surface area contributed by atoms with Crippen LogP contribution in [-0.2, 0) is 23.9 Å². The fourth-order valence-corrected chi connectivity index (χ4v) is 8.37. The zero-order valence-corrected chi connectivity index (χ0v) is 22.7. The Kier molecular flexibility index (Phi) is 8.22. The molecule has 0 aliphatic heterocycles. The zero-order valence-electron chi connectivity index (χ0n) is 21.8. The van der Waals surface area contributed by atoms with Crippen molar-refractivity contribution in [2.45, 2.75) is 96.6 Å². The van der Waals surface area contributed by atoms with E-state index in [2.05, 4.69) is 19.2 Å². The molecular weight excluding hydrogens is 478 g/mol. The number of esters is 1. The number of rotatable bonds is 9. The van der Waals surface area contributed by atoms with E-state index in [-0.39, 0.29) is 41.5 Å². The average Bonchev–Trinajstić information content (AvgIpc) is 3.16. The number of allylic oxidation sites excluding steroid dienone is 1. The van der Waals surface area contributed by atoms with Crippen LogP contribution < -0.4 is 5.32 Å². The fourth-order valence-electron chi connectivity index (χ4n) is 7.90. The molecule has 0 saturated heterocycles. The van der Waals surface area contributed by atoms with E-state index in [9.17, 15) is 24.3 Å². The predicted molar refractivity (Wildman–Crippen MR) is 138 cm³/mol. The SMILES string of the molecule is CSCC[C@@H](NC(=O)CCC(=O)O[C@@H]1CC[C@@H]2[C@H]3CCC4=CC(=O)CC[C@]4(C)[C@@H]3CC[C@@]21C)C(=O)O. The summed E-state index contributed by atoms with van der Waals surface area (Å²) >= 11 is 1.53. The molecule has 0 aromatic rings. The highest BCUT2D eigenvalue weighted by Gasteiger charge is 2.59. The Labute approximate surface area is 218 Å². The lowest BCUT2D eigenvalue weighted by atomic mass is 9.47. The molecule has 36 heavy (non-hydrogen) atoms. The summed E-state index contributed by atoms with van der Waals surface area (Å²) in [6, 6.07) is -0.930. The Hall–Kier alpha value is -1.83. The number of fused-ring (bicyclic) bond motifs is 5. The molecule has 0 bridgehead atoms. The molecule has 3 saturated carbocycles. The Balaban J connectivity index is 1.32. The molecule has 4 aliphatic rings. The van der Waals surface area contributed by atoms with Crippen LogP contribution in [0.25, 0.3) is 0 Å². The Morgan fingerprint density at radius 3 is 2.61 bits per heavy atom. The van der Waals surface area contributed by atoms with Crippen LogP contribution in [0.5, 0.6) is 0 Å². The van der Waals surface area contributed by atoms with Gasteiger partial charge in [0.15, 0.2) is 5.78 Å². The molecule has 2 N–H and O–H groups in total. The molecule has 0 spiro atoms. The van der Waals surface area contributed by atoms with Gasteiger partial charge in [0.25, 0.3) is 0 Å². The Morgan fingerprint density at radius 2 is 1.89 bits per heavy atom. The van der Waals surface area contributed by atoms with Crippen molar-refractivity contribution in [3.8, 4) is 0 Å². The van der Waals surface area contributed by atoms with Crippen molar-refractivity contribution < 1.29 is 29.0 Å². The summed E-state index contributed by atoms with van der Waals surface area (Å²) in [5, 5.41) is 11.8. The van der Waals surface area contributed by atoms with Gasteiger partial charge in [0, 0.05) is 18.3 Å². The minimum atomic E-state index is -1.06. The summed E-state index contributed by atoms with van der Waals surface area (Å²) < 4.78 is 5.98. The van der Waals surface area contributed by atoms with Gasteiger partial charge in [-0.3, -0.25) is 14.4 Å². The maximum atomic E-state index is 12.7. The molecule has 8 heteroatoms. The number of aliphatic carboxylic acids is 1. The number of hydrogen-bond donors (Lipinski definition) is 2. The monoisotopic (exact) mass is 519 g/mol. The van der Waals surface area contributed by atoms with Gasteiger partial charge in [0.2, 0.25) is 5.91 Å². The second kappa shape index (κ2) is 10.9. The molecule has 3 fully saturated rings. The second-order valence-electron chi connectivity index (χ2n) is 11.8. The van der Waals surface area contributed by atoms with Crippen LogP contribution >= 0.6 is 11.8 Å². The van der Waals surface area contributed by atoms with Crippen LogP contribution in [-0.4, -0.2) is 52.9 Å². The van der Waals surface area contributed by atoms with E-state index in [1.54, 1.807) is 0 Å². The zero-order chi connectivity index (χ0) is 26.1. The molecule has 0 aromatic carbocycles. The maximum Gasteiger partial charge on any atom is 0.326 e. The van der Waals surface area contributed by atoms with Crippen LogP contribution in [0.3, 0.4) is 0 Å². The predicted octanol–water partition coefficient (Wildman–Crippen LogP) is 4.53. The number of carbonyl (C=O) groups is 4. The van der Waals surface area contributed by atoms with Crippen molar-refractivity contribution in [1.29, 1.82) is 0 Å². The van der Waals surface area contributed by atoms with E-state index in [1.165, 1.54) is 17.3 Å². The molecule has 0 radical (unpaired) electrons. The molecule has 1 amide bonds. The topological polar surface area (TPSA) is 110 Å². The first-order chi connectivity index (χ1) is 17.1. The fraction of sp³-hybridized carbons (Fsp3) is 0.786. The lowest BCUT2D eigenvalue weighted by molar-refractivity contribution is -0.160. The number of ether oxygens (including phenoxy) is 1. The van der Waals surface area contributed by atoms with Crippen molar-refractivity contribution >= 4 is 35.4 Å². The number of nitrogens with one attached hydrogen (secondary N) is 1. The van der Waals surface area contributed by atoms with Crippen molar-refractivity contribution in [2.24, 2.45) is 28.6 Å². The van der Waals surface area contributed by atoms with Gasteiger partial charge in [0.05, 0.1) is 6.42 Å². The highest BCUT2D eigenvalue weighted by Crippen LogP contribution is 2.65. The number of ketones is 1. The molecule has 0 aromatic heterocycles. The molecule has 4 aliphatic carbocycles. The minimum absolute atomic E-state index is 0.0374. The van der Waals surface area contributed by atoms with Crippen molar-refractivity contribution in [3.05, 3.63) is 11.6 Å². The first-order valence-electron chi connectivity index (χ1n) is 13.5. The number of thioether (sulfide) groups is 1. The first-order valence-corrected chi connectivity index (χ1v) is 14.9. The largest absolute Gasteiger partial charge is 0.480 e. The standard InChI is InChI=1S/C28H41NO6S/c1-27-13-10-18(30)16-17(27)4-5-19-20-6-7-23(28(20,2)14-11-21(19)27)35-25(32)9-8-24(31)29-22(26(33)34)12-15-36-3/h16,19-23H,4-15H2,1-3H3,(H,29,31)(H,33,34)/t19-,20-,21-,22-,23-,27+,28+/m1/s1. The lowest BCUT2D eigenvalue weighted by Crippen LogP contribution is -2.51. The van der Waals surface area contributed by atoms with Gasteiger partial charge in [-0.15, -0.1) is 0 Å². The third kappa shape index (κ3) is 5.25. The van der Waals surface area contributed by atoms with Crippen molar-refractivity contribution in [2.75, 3.05) is 12.0 Å². The quantitative estimate of drug-likeness (QED) is 0.431. The highest BCUT2D eigenvalue weighted by molar-refractivity contribution is 7.98. The van der Waals surface area contributed by atoms with Gasteiger partial charge in [-0.05, 0) is 92.6 Å². The molecule has 4 rings (SSSR count). The minimum Gasteiger partial charge on any atom is -0.480 e. The van der Waals surface area contributed by atoms with Gasteiger partial charge in [0.1, 0.15) is 12.1 Å². The van der Waals surface area contributed by atoms with Gasteiger partial charge < -0.3 is 15.2 Å². The van der Waals surface area contributed by atoms with Gasteiger partial charge >= 0.3 is 11.9 Å². The van der Waals surface area contributed by atoms with Crippen molar-refractivity contribution in [3.63, 3.8) is 0 Å². The number of carboxylic acids is 1. The molecule has 0 unspecified atom stereocenters. The van der Waals surface area contributed by atoms with E-state index >= 15 is 0 Å². The lowest BCUT2D eigenvalue weighted by Gasteiger charge is -2.57. The van der Waals surface area contributed by atoms with E-state index in [1.807, 2.05) is 12.3 Å². The Morgan fingerprint density at radius 1 is 1.11 bits per heavy atom. The first kappa shape index (κ1) is 27.2. The van der Waals surface area contributed by atoms with Gasteiger partial charge in [-0.1, -0.05) is 19.4 Å². The van der Waals surface area contributed by atoms with Crippen LogP contribution in [0.2, 0.25) is 0 Å². The van der Waals surface area contributed by atoms with E-state index in [0.717, 1.165) is 44.9 Å². The van der Waals surface area contributed by atoms with E-state index in [0.29, 0.717) is 36.3 Å². The van der Waals surface area contributed by atoms with E-state index in [4.69, 9.17) is 4.74 Å². The normalized spacial score (nSPS) is 36.1. The number of carboxylic acid groups (broad SMARTS) is 1. The number of hydrogen-bond acceptors (Lipinski definition) is 6. The van der Waals surface area contributed by atoms with Gasteiger partial charge in [-0.2, -0.15) is 11.8 Å². The summed E-state index contributed by atoms with van der Waals surface area (Å²) in [5.41, 5.74) is 1.44. The smallest absolute Gasteiger partial charge is 0.326 e. The average molecular weight is 520 g/mol. The van der Waals surface area contributed by atoms with Crippen LogP contribution in [0.4, 0.5) is 0 Å². The maximum absolute atomic E-state index is 12.7. The molecule has 7 atom stereocenters. The number of carbonyl (C=O) groups excluding carboxylic acids is 3. The molecule has 0 heterocycles. The van der Waals surface area contributed by atoms with Crippen LogP contribution in [0.1, 0.15) is 84.5 Å². The van der Waals surface area contributed by atoms with Crippen molar-refractivity contribution in [1.82, 2.24) is 5.32 Å². The third-order valence-corrected chi connectivity index (χ3v) is 10.6. The summed E-state index contributed by atoms with van der Waals surface area (Å²) in [5.74, 6) is 0.765.